The predicted molar refractivity (Wildman–Crippen MR) is 135 cm³/mol. The number of aromatic nitrogens is 3. The number of hydrogen-bond acceptors (Lipinski definition) is 9. The lowest BCUT2D eigenvalue weighted by atomic mass is 10.1. The molecule has 2 fully saturated rings. The minimum Gasteiger partial charge on any atom is -0.480 e. The van der Waals surface area contributed by atoms with E-state index in [0.717, 1.165) is 18.4 Å². The Bertz CT molecular complexity index is 1430. The first-order valence-electron chi connectivity index (χ1n) is 11.9. The van der Waals surface area contributed by atoms with Crippen molar-refractivity contribution in [3.05, 3.63) is 65.5 Å². The van der Waals surface area contributed by atoms with Crippen molar-refractivity contribution >= 4 is 28.3 Å². The molecule has 11 heteroatoms. The van der Waals surface area contributed by atoms with Gasteiger partial charge in [-0.1, -0.05) is 0 Å². The molecule has 188 valence electrons. The Labute approximate surface area is 216 Å². The number of benzene rings is 2. The molecule has 37 heavy (non-hydrogen) atoms. The van der Waals surface area contributed by atoms with Gasteiger partial charge in [-0.25, -0.2) is 4.98 Å². The highest BCUT2D eigenvalue weighted by Crippen LogP contribution is 2.40. The number of thiazole rings is 1. The number of rotatable bonds is 8. The molecule has 0 radical (unpaired) electrons. The van der Waals surface area contributed by atoms with E-state index in [9.17, 15) is 9.59 Å². The third kappa shape index (κ3) is 5.17. The van der Waals surface area contributed by atoms with Crippen molar-refractivity contribution in [1.29, 1.82) is 0 Å². The molecule has 2 aromatic carbocycles. The number of anilines is 1. The summed E-state index contributed by atoms with van der Waals surface area (Å²) in [5.74, 6) is 2.39. The van der Waals surface area contributed by atoms with E-state index < -0.39 is 6.10 Å². The number of carbonyl (C=O) groups excluding carboxylic acids is 2. The van der Waals surface area contributed by atoms with E-state index in [2.05, 4.69) is 20.5 Å². The smallest absolute Gasteiger partial charge is 0.263 e. The van der Waals surface area contributed by atoms with Gasteiger partial charge in [0.2, 0.25) is 11.8 Å². The summed E-state index contributed by atoms with van der Waals surface area (Å²) in [6, 6.07) is 12.1. The second kappa shape index (κ2) is 9.66. The molecule has 1 saturated heterocycles. The molecule has 1 unspecified atom stereocenters. The summed E-state index contributed by atoms with van der Waals surface area (Å²) in [7, 11) is 1.74. The van der Waals surface area contributed by atoms with Gasteiger partial charge in [0, 0.05) is 54.7 Å². The van der Waals surface area contributed by atoms with Crippen molar-refractivity contribution in [3.63, 3.8) is 0 Å². The zero-order chi connectivity index (χ0) is 25.4. The second-order valence-electron chi connectivity index (χ2n) is 8.99. The largest absolute Gasteiger partial charge is 0.480 e. The Morgan fingerprint density at radius 3 is 2.59 bits per heavy atom. The number of amides is 2. The average Bonchev–Trinajstić information content (AvgIpc) is 3.26. The number of nitrogens with zero attached hydrogens (tertiary/aromatic N) is 4. The van der Waals surface area contributed by atoms with Gasteiger partial charge in [0.05, 0.1) is 0 Å². The Morgan fingerprint density at radius 1 is 1.08 bits per heavy atom. The van der Waals surface area contributed by atoms with E-state index in [1.807, 2.05) is 12.1 Å². The lowest BCUT2D eigenvalue weighted by Gasteiger charge is -2.15. The highest BCUT2D eigenvalue weighted by Gasteiger charge is 2.31. The van der Waals surface area contributed by atoms with Gasteiger partial charge in [-0.2, -0.15) is 0 Å². The van der Waals surface area contributed by atoms with Crippen LogP contribution in [-0.2, 0) is 4.79 Å². The lowest BCUT2D eigenvalue weighted by molar-refractivity contribution is -0.132. The van der Waals surface area contributed by atoms with Crippen LogP contribution in [-0.4, -0.2) is 51.6 Å². The van der Waals surface area contributed by atoms with E-state index in [1.165, 1.54) is 11.3 Å². The molecular weight excluding hydrogens is 494 g/mol. The standard InChI is InChI=1S/C26H23N5O5S/c1-31-10-8-21(25(31)33)35-20-13-17(22(32)28-26-27-9-11-37-26)12-19(14-20)34-18-6-4-16(5-7-18)24-30-29-23(36-24)15-2-3-15/h4-7,9,11-15,21H,2-3,8,10H2,1H3,(H,27,28,32). The highest BCUT2D eigenvalue weighted by atomic mass is 32.1. The van der Waals surface area contributed by atoms with Crippen molar-refractivity contribution in [1.82, 2.24) is 20.1 Å². The molecule has 1 saturated carbocycles. The number of hydrogen-bond donors (Lipinski definition) is 1. The maximum atomic E-state index is 12.9. The van der Waals surface area contributed by atoms with Crippen molar-refractivity contribution < 1.29 is 23.5 Å². The first-order valence-corrected chi connectivity index (χ1v) is 12.8. The summed E-state index contributed by atoms with van der Waals surface area (Å²) < 4.78 is 17.8. The minimum absolute atomic E-state index is 0.0958. The number of carbonyl (C=O) groups is 2. The van der Waals surface area contributed by atoms with Crippen LogP contribution in [0.2, 0.25) is 0 Å². The molecule has 4 aromatic rings. The molecule has 10 nitrogen and oxygen atoms in total. The fourth-order valence-electron chi connectivity index (χ4n) is 4.00. The van der Waals surface area contributed by atoms with Gasteiger partial charge in [0.15, 0.2) is 11.2 Å². The molecule has 1 aliphatic carbocycles. The molecule has 1 atom stereocenters. The van der Waals surface area contributed by atoms with Gasteiger partial charge in [-0.15, -0.1) is 21.5 Å². The van der Waals surface area contributed by atoms with E-state index >= 15 is 0 Å². The molecule has 2 amide bonds. The number of ether oxygens (including phenoxy) is 2. The normalized spacial score (nSPS) is 17.2. The van der Waals surface area contributed by atoms with Crippen LogP contribution in [0.5, 0.6) is 17.2 Å². The Kier molecular flexibility index (Phi) is 6.05. The third-order valence-electron chi connectivity index (χ3n) is 6.16. The van der Waals surface area contributed by atoms with Crippen LogP contribution >= 0.6 is 11.3 Å². The van der Waals surface area contributed by atoms with Gasteiger partial charge < -0.3 is 18.8 Å². The van der Waals surface area contributed by atoms with E-state index in [4.69, 9.17) is 13.9 Å². The average molecular weight is 518 g/mol. The molecular formula is C26H23N5O5S. The molecule has 6 rings (SSSR count). The molecule has 0 spiro atoms. The summed E-state index contributed by atoms with van der Waals surface area (Å²) in [5.41, 5.74) is 1.10. The van der Waals surface area contributed by atoms with Crippen LogP contribution in [0.25, 0.3) is 11.5 Å². The topological polar surface area (TPSA) is 120 Å². The second-order valence-corrected chi connectivity index (χ2v) is 9.88. The summed E-state index contributed by atoms with van der Waals surface area (Å²) in [4.78, 5) is 31.0. The van der Waals surface area contributed by atoms with Crippen LogP contribution in [0.1, 0.15) is 41.4 Å². The summed E-state index contributed by atoms with van der Waals surface area (Å²) in [6.07, 6.45) is 3.76. The first kappa shape index (κ1) is 23.2. The maximum Gasteiger partial charge on any atom is 0.263 e. The van der Waals surface area contributed by atoms with Crippen LogP contribution in [0, 0.1) is 0 Å². The zero-order valence-electron chi connectivity index (χ0n) is 19.9. The molecule has 2 aromatic heterocycles. The minimum atomic E-state index is -0.607. The van der Waals surface area contributed by atoms with Gasteiger partial charge >= 0.3 is 0 Å². The molecule has 2 aliphatic rings. The molecule has 1 N–H and O–H groups in total. The van der Waals surface area contributed by atoms with E-state index in [1.54, 1.807) is 53.9 Å². The summed E-state index contributed by atoms with van der Waals surface area (Å²) in [5, 5.41) is 13.3. The number of likely N-dealkylation sites (tertiary alicyclic amines) is 1. The van der Waals surface area contributed by atoms with Gasteiger partial charge in [0.25, 0.3) is 11.8 Å². The van der Waals surface area contributed by atoms with Crippen molar-refractivity contribution in [2.75, 3.05) is 18.9 Å². The van der Waals surface area contributed by atoms with Gasteiger partial charge in [0.1, 0.15) is 17.2 Å². The quantitative estimate of drug-likeness (QED) is 0.356. The molecule has 0 bridgehead atoms. The fourth-order valence-corrected chi connectivity index (χ4v) is 4.52. The lowest BCUT2D eigenvalue weighted by Crippen LogP contribution is -2.29. The zero-order valence-corrected chi connectivity index (χ0v) is 20.7. The van der Waals surface area contributed by atoms with Gasteiger partial charge in [-0.3, -0.25) is 14.9 Å². The molecule has 3 heterocycles. The van der Waals surface area contributed by atoms with Crippen LogP contribution in [0.4, 0.5) is 5.13 Å². The van der Waals surface area contributed by atoms with Crippen molar-refractivity contribution in [2.45, 2.75) is 31.3 Å². The summed E-state index contributed by atoms with van der Waals surface area (Å²) >= 11 is 1.32. The monoisotopic (exact) mass is 517 g/mol. The number of likely N-dealkylation sites (N-methyl/N-ethyl adjacent to an activating group) is 1. The summed E-state index contributed by atoms with van der Waals surface area (Å²) in [6.45, 7) is 0.617. The van der Waals surface area contributed by atoms with E-state index in [0.29, 0.717) is 58.6 Å². The first-order chi connectivity index (χ1) is 18.0. The predicted octanol–water partition coefficient (Wildman–Crippen LogP) is 4.72. The fraction of sp³-hybridized carbons (Fsp3) is 0.269. The Hall–Kier alpha value is -4.25. The van der Waals surface area contributed by atoms with E-state index in [-0.39, 0.29) is 11.8 Å². The van der Waals surface area contributed by atoms with Crippen LogP contribution < -0.4 is 14.8 Å². The Morgan fingerprint density at radius 2 is 1.89 bits per heavy atom. The Balaban J connectivity index is 1.23. The van der Waals surface area contributed by atoms with Crippen molar-refractivity contribution in [2.24, 2.45) is 0 Å². The molecule has 1 aliphatic heterocycles. The van der Waals surface area contributed by atoms with Crippen molar-refractivity contribution in [3.8, 4) is 28.7 Å². The van der Waals surface area contributed by atoms with Crippen LogP contribution in [0.3, 0.4) is 0 Å². The third-order valence-corrected chi connectivity index (χ3v) is 6.84. The maximum absolute atomic E-state index is 12.9. The highest BCUT2D eigenvalue weighted by molar-refractivity contribution is 7.13. The van der Waals surface area contributed by atoms with Gasteiger partial charge in [-0.05, 0) is 49.2 Å². The SMILES string of the molecule is CN1CCC(Oc2cc(Oc3ccc(-c4nnc(C5CC5)o4)cc3)cc(C(=O)Nc3nccs3)c2)C1=O. The van der Waals surface area contributed by atoms with Crippen LogP contribution in [0.15, 0.2) is 58.5 Å². The number of nitrogens with one attached hydrogen (secondary N) is 1.